The second-order valence-corrected chi connectivity index (χ2v) is 4.84. The minimum absolute atomic E-state index is 0.162. The molecule has 1 N–H and O–H groups in total. The van der Waals surface area contributed by atoms with Gasteiger partial charge in [0, 0.05) is 28.6 Å². The third-order valence-electron chi connectivity index (χ3n) is 2.46. The molecule has 0 aliphatic heterocycles. The number of amides is 1. The van der Waals surface area contributed by atoms with Crippen LogP contribution in [0.1, 0.15) is 17.3 Å². The highest BCUT2D eigenvalue weighted by atomic mass is 79.9. The summed E-state index contributed by atoms with van der Waals surface area (Å²) >= 11 is 3.24. The van der Waals surface area contributed by atoms with Crippen molar-refractivity contribution in [1.29, 1.82) is 0 Å². The van der Waals surface area contributed by atoms with Gasteiger partial charge in [-0.05, 0) is 41.1 Å². The zero-order valence-electron chi connectivity index (χ0n) is 10.7. The molecule has 0 atom stereocenters. The van der Waals surface area contributed by atoms with E-state index in [4.69, 9.17) is 4.74 Å². The van der Waals surface area contributed by atoms with Crippen molar-refractivity contribution in [1.82, 2.24) is 4.98 Å². The van der Waals surface area contributed by atoms with Crippen LogP contribution in [0.15, 0.2) is 41.1 Å². The van der Waals surface area contributed by atoms with Gasteiger partial charge in [0.2, 0.25) is 0 Å². The van der Waals surface area contributed by atoms with E-state index in [1.165, 1.54) is 18.3 Å². The van der Waals surface area contributed by atoms with Crippen LogP contribution in [-0.2, 0) is 0 Å². The Morgan fingerprint density at radius 2 is 2.20 bits per heavy atom. The van der Waals surface area contributed by atoms with E-state index in [0.29, 0.717) is 22.3 Å². The average molecular weight is 339 g/mol. The quantitative estimate of drug-likeness (QED) is 0.925. The lowest BCUT2D eigenvalue weighted by molar-refractivity contribution is 0.102. The fourth-order valence-corrected chi connectivity index (χ4v) is 1.96. The third kappa shape index (κ3) is 3.54. The van der Waals surface area contributed by atoms with E-state index in [1.807, 2.05) is 0 Å². The average Bonchev–Trinajstić information content (AvgIpc) is 2.42. The van der Waals surface area contributed by atoms with Crippen LogP contribution >= 0.6 is 15.9 Å². The molecule has 2 rings (SSSR count). The second kappa shape index (κ2) is 6.47. The van der Waals surface area contributed by atoms with Gasteiger partial charge in [0.05, 0.1) is 12.2 Å². The van der Waals surface area contributed by atoms with Crippen LogP contribution in [0.5, 0.6) is 5.75 Å². The minimum atomic E-state index is -0.517. The van der Waals surface area contributed by atoms with Gasteiger partial charge in [-0.2, -0.15) is 0 Å². The van der Waals surface area contributed by atoms with E-state index in [0.717, 1.165) is 0 Å². The van der Waals surface area contributed by atoms with E-state index in [9.17, 15) is 9.18 Å². The van der Waals surface area contributed by atoms with Gasteiger partial charge in [-0.15, -0.1) is 0 Å². The SMILES string of the molecule is CCOc1ccc(NC(=O)c2cncc(Br)c2)cc1F. The molecule has 0 radical (unpaired) electrons. The van der Waals surface area contributed by atoms with E-state index in [2.05, 4.69) is 26.2 Å². The molecule has 104 valence electrons. The van der Waals surface area contributed by atoms with Gasteiger partial charge in [-0.3, -0.25) is 9.78 Å². The van der Waals surface area contributed by atoms with Crippen molar-refractivity contribution in [3.63, 3.8) is 0 Å². The maximum Gasteiger partial charge on any atom is 0.257 e. The van der Waals surface area contributed by atoms with E-state index < -0.39 is 5.82 Å². The van der Waals surface area contributed by atoms with Crippen LogP contribution in [0.2, 0.25) is 0 Å². The van der Waals surface area contributed by atoms with Crippen LogP contribution in [0.4, 0.5) is 10.1 Å². The molecule has 0 saturated heterocycles. The molecule has 0 aliphatic carbocycles. The van der Waals surface area contributed by atoms with Crippen molar-refractivity contribution in [2.45, 2.75) is 6.92 Å². The molecule has 1 aromatic carbocycles. The highest BCUT2D eigenvalue weighted by Crippen LogP contribution is 2.21. The molecule has 1 aromatic heterocycles. The topological polar surface area (TPSA) is 51.2 Å². The highest BCUT2D eigenvalue weighted by Gasteiger charge is 2.09. The molecule has 6 heteroatoms. The number of pyridine rings is 1. The number of nitrogens with one attached hydrogen (secondary N) is 1. The zero-order valence-corrected chi connectivity index (χ0v) is 12.3. The Labute approximate surface area is 124 Å². The summed E-state index contributed by atoms with van der Waals surface area (Å²) in [6.07, 6.45) is 3.01. The van der Waals surface area contributed by atoms with Crippen molar-refractivity contribution in [2.24, 2.45) is 0 Å². The fraction of sp³-hybridized carbons (Fsp3) is 0.143. The summed E-state index contributed by atoms with van der Waals surface area (Å²) < 4.78 is 19.4. The highest BCUT2D eigenvalue weighted by molar-refractivity contribution is 9.10. The van der Waals surface area contributed by atoms with Gasteiger partial charge in [0.25, 0.3) is 5.91 Å². The number of hydrogen-bond donors (Lipinski definition) is 1. The molecule has 4 nitrogen and oxygen atoms in total. The molecular formula is C14H12BrFN2O2. The first kappa shape index (κ1) is 14.5. The molecule has 1 heterocycles. The maximum atomic E-state index is 13.7. The summed E-state index contributed by atoms with van der Waals surface area (Å²) in [7, 11) is 0. The molecule has 0 bridgehead atoms. The summed E-state index contributed by atoms with van der Waals surface area (Å²) in [5.74, 6) is -0.714. The first-order valence-electron chi connectivity index (χ1n) is 5.94. The number of ether oxygens (including phenoxy) is 1. The fourth-order valence-electron chi connectivity index (χ4n) is 1.59. The molecule has 0 aliphatic rings. The zero-order chi connectivity index (χ0) is 14.5. The molecule has 1 amide bonds. The summed E-state index contributed by atoms with van der Waals surface area (Å²) in [6, 6.07) is 5.91. The molecule has 0 fully saturated rings. The van der Waals surface area contributed by atoms with E-state index in [1.54, 1.807) is 25.3 Å². The Bertz CT molecular complexity index is 634. The number of carbonyl (C=O) groups excluding carboxylic acids is 1. The van der Waals surface area contributed by atoms with Crippen molar-refractivity contribution in [3.8, 4) is 5.75 Å². The molecular weight excluding hydrogens is 327 g/mol. The monoisotopic (exact) mass is 338 g/mol. The first-order chi connectivity index (χ1) is 9.60. The largest absolute Gasteiger partial charge is 0.491 e. The number of carbonyl (C=O) groups is 1. The van der Waals surface area contributed by atoms with Gasteiger partial charge in [0.15, 0.2) is 11.6 Å². The smallest absolute Gasteiger partial charge is 0.257 e. The summed E-state index contributed by atoms with van der Waals surface area (Å²) in [5.41, 5.74) is 0.740. The molecule has 0 unspecified atom stereocenters. The summed E-state index contributed by atoms with van der Waals surface area (Å²) in [5, 5.41) is 2.60. The number of hydrogen-bond acceptors (Lipinski definition) is 3. The predicted octanol–water partition coefficient (Wildman–Crippen LogP) is 3.63. The number of benzene rings is 1. The van der Waals surface area contributed by atoms with Crippen molar-refractivity contribution in [2.75, 3.05) is 11.9 Å². The number of rotatable bonds is 4. The second-order valence-electron chi connectivity index (χ2n) is 3.92. The van der Waals surface area contributed by atoms with E-state index >= 15 is 0 Å². The summed E-state index contributed by atoms with van der Waals surface area (Å²) in [6.45, 7) is 2.15. The number of halogens is 2. The molecule has 0 spiro atoms. The lowest BCUT2D eigenvalue weighted by Gasteiger charge is -2.08. The third-order valence-corrected chi connectivity index (χ3v) is 2.89. The van der Waals surface area contributed by atoms with Gasteiger partial charge < -0.3 is 10.1 Å². The van der Waals surface area contributed by atoms with Crippen molar-refractivity contribution in [3.05, 3.63) is 52.5 Å². The van der Waals surface area contributed by atoms with Crippen LogP contribution in [-0.4, -0.2) is 17.5 Å². The number of anilines is 1. The lowest BCUT2D eigenvalue weighted by atomic mass is 10.2. The van der Waals surface area contributed by atoms with Crippen molar-refractivity contribution < 1.29 is 13.9 Å². The van der Waals surface area contributed by atoms with Gasteiger partial charge in [0.1, 0.15) is 0 Å². The Kier molecular flexibility index (Phi) is 4.68. The Hall–Kier alpha value is -1.95. The minimum Gasteiger partial charge on any atom is -0.491 e. The Morgan fingerprint density at radius 3 is 2.85 bits per heavy atom. The molecule has 0 saturated carbocycles. The van der Waals surface area contributed by atoms with Gasteiger partial charge in [-0.1, -0.05) is 0 Å². The predicted molar refractivity (Wildman–Crippen MR) is 77.5 cm³/mol. The Morgan fingerprint density at radius 1 is 1.40 bits per heavy atom. The van der Waals surface area contributed by atoms with E-state index in [-0.39, 0.29) is 11.7 Å². The van der Waals surface area contributed by atoms with Crippen LogP contribution in [0.25, 0.3) is 0 Å². The van der Waals surface area contributed by atoms with Gasteiger partial charge in [-0.25, -0.2) is 4.39 Å². The normalized spacial score (nSPS) is 10.2. The summed E-state index contributed by atoms with van der Waals surface area (Å²) in [4.78, 5) is 15.9. The maximum absolute atomic E-state index is 13.7. The van der Waals surface area contributed by atoms with Crippen LogP contribution in [0.3, 0.4) is 0 Å². The van der Waals surface area contributed by atoms with Gasteiger partial charge >= 0.3 is 0 Å². The van der Waals surface area contributed by atoms with Crippen LogP contribution < -0.4 is 10.1 Å². The number of nitrogens with zero attached hydrogens (tertiary/aromatic N) is 1. The number of aromatic nitrogens is 1. The standard InChI is InChI=1S/C14H12BrFN2O2/c1-2-20-13-4-3-11(6-12(13)16)18-14(19)9-5-10(15)8-17-7-9/h3-8H,2H2,1H3,(H,18,19). The molecule has 2 aromatic rings. The van der Waals surface area contributed by atoms with Crippen molar-refractivity contribution >= 4 is 27.5 Å². The molecule has 20 heavy (non-hydrogen) atoms. The lowest BCUT2D eigenvalue weighted by Crippen LogP contribution is -2.12. The van der Waals surface area contributed by atoms with Crippen LogP contribution in [0, 0.1) is 5.82 Å². The Balaban J connectivity index is 2.14. The first-order valence-corrected chi connectivity index (χ1v) is 6.73.